The number of amides is 1. The molecule has 3 aromatic carbocycles. The van der Waals surface area contributed by atoms with E-state index in [0.29, 0.717) is 16.1 Å². The third-order valence-electron chi connectivity index (χ3n) is 5.10. The lowest BCUT2D eigenvalue weighted by molar-refractivity contribution is -0.132. The van der Waals surface area contributed by atoms with E-state index >= 15 is 0 Å². The monoisotopic (exact) mass is 468 g/mol. The lowest BCUT2D eigenvalue weighted by Crippen LogP contribution is -2.29. The van der Waals surface area contributed by atoms with Crippen LogP contribution in [-0.4, -0.2) is 25.2 Å². The molecule has 0 spiro atoms. The highest BCUT2D eigenvalue weighted by atomic mass is 35.5. The molecular weight excluding hydrogens is 452 g/mol. The number of nitrogens with two attached hydrogens (primary N) is 1. The average molecular weight is 469 g/mol. The second-order valence-corrected chi connectivity index (χ2v) is 9.13. The maximum Gasteiger partial charge on any atom is 0.300 e. The summed E-state index contributed by atoms with van der Waals surface area (Å²) in [5, 5.41) is 16.5. The van der Waals surface area contributed by atoms with E-state index in [4.69, 9.17) is 16.7 Å². The number of aliphatic hydroxyl groups is 1. The molecule has 1 aliphatic heterocycles. The Bertz CT molecular complexity index is 1350. The summed E-state index contributed by atoms with van der Waals surface area (Å²) in [5.41, 5.74) is 1.06. The number of hydrogen-bond donors (Lipinski definition) is 2. The molecule has 1 amide bonds. The van der Waals surface area contributed by atoms with E-state index in [0.717, 1.165) is 0 Å². The fourth-order valence-electron chi connectivity index (χ4n) is 3.64. The zero-order valence-corrected chi connectivity index (χ0v) is 18.0. The van der Waals surface area contributed by atoms with Crippen molar-refractivity contribution in [2.45, 2.75) is 10.9 Å². The molecule has 1 aliphatic rings. The SMILES string of the molecule is NS(=O)(=O)c1ccc(N2C(=O)C(=O)/C(=C(/O)c3cccc(Cl)c3)C2c2ccccc2)cc1. The van der Waals surface area contributed by atoms with Crippen LogP contribution in [0.4, 0.5) is 5.69 Å². The maximum atomic E-state index is 13.0. The maximum absolute atomic E-state index is 13.0. The van der Waals surface area contributed by atoms with E-state index < -0.39 is 27.8 Å². The first kappa shape index (κ1) is 21.8. The lowest BCUT2D eigenvalue weighted by Gasteiger charge is -2.25. The van der Waals surface area contributed by atoms with Gasteiger partial charge in [-0.15, -0.1) is 0 Å². The Hall–Kier alpha value is -3.46. The molecule has 1 heterocycles. The van der Waals surface area contributed by atoms with Gasteiger partial charge in [-0.1, -0.05) is 54.1 Å². The molecule has 0 aromatic heterocycles. The molecule has 32 heavy (non-hydrogen) atoms. The molecule has 9 heteroatoms. The number of aliphatic hydroxyl groups excluding tert-OH is 1. The predicted molar refractivity (Wildman–Crippen MR) is 120 cm³/mol. The number of rotatable bonds is 4. The van der Waals surface area contributed by atoms with Crippen LogP contribution in [0.1, 0.15) is 17.2 Å². The molecule has 0 saturated carbocycles. The van der Waals surface area contributed by atoms with Gasteiger partial charge in [0.2, 0.25) is 10.0 Å². The van der Waals surface area contributed by atoms with Gasteiger partial charge in [-0.2, -0.15) is 0 Å². The summed E-state index contributed by atoms with van der Waals surface area (Å²) < 4.78 is 23.2. The van der Waals surface area contributed by atoms with Crippen molar-refractivity contribution in [3.8, 4) is 0 Å². The number of ketones is 1. The van der Waals surface area contributed by atoms with Crippen LogP contribution in [0.3, 0.4) is 0 Å². The molecule has 4 rings (SSSR count). The van der Waals surface area contributed by atoms with Gasteiger partial charge >= 0.3 is 0 Å². The van der Waals surface area contributed by atoms with Gasteiger partial charge in [0.15, 0.2) is 0 Å². The molecule has 1 saturated heterocycles. The number of carbonyl (C=O) groups is 2. The Morgan fingerprint density at radius 2 is 1.59 bits per heavy atom. The molecule has 1 fully saturated rings. The Labute approximate surface area is 189 Å². The first-order chi connectivity index (χ1) is 15.2. The minimum Gasteiger partial charge on any atom is -0.507 e. The number of primary sulfonamides is 1. The van der Waals surface area contributed by atoms with Crippen LogP contribution in [0.5, 0.6) is 0 Å². The number of anilines is 1. The summed E-state index contributed by atoms with van der Waals surface area (Å²) in [6, 6.07) is 19.4. The Morgan fingerprint density at radius 1 is 0.938 bits per heavy atom. The van der Waals surface area contributed by atoms with Crippen molar-refractivity contribution in [2.75, 3.05) is 4.90 Å². The molecule has 162 valence electrons. The van der Waals surface area contributed by atoms with Gasteiger partial charge in [-0.25, -0.2) is 13.6 Å². The standard InChI is InChI=1S/C23H17ClN2O5S/c24-16-8-4-7-15(13-16)21(27)19-20(14-5-2-1-3-6-14)26(23(29)22(19)28)17-9-11-18(12-10-17)32(25,30)31/h1-13,20,27H,(H2,25,30,31)/b21-19+. The van der Waals surface area contributed by atoms with Crippen LogP contribution in [0.2, 0.25) is 5.02 Å². The van der Waals surface area contributed by atoms with E-state index in [1.165, 1.54) is 35.2 Å². The zero-order chi connectivity index (χ0) is 23.0. The van der Waals surface area contributed by atoms with E-state index in [1.54, 1.807) is 48.5 Å². The second-order valence-electron chi connectivity index (χ2n) is 7.13. The molecule has 1 atom stereocenters. The summed E-state index contributed by atoms with van der Waals surface area (Å²) in [6.45, 7) is 0. The Balaban J connectivity index is 1.92. The third kappa shape index (κ3) is 3.91. The minimum absolute atomic E-state index is 0.0982. The molecule has 3 aromatic rings. The van der Waals surface area contributed by atoms with E-state index in [1.807, 2.05) is 0 Å². The Kier molecular flexibility index (Phi) is 5.60. The summed E-state index contributed by atoms with van der Waals surface area (Å²) >= 11 is 6.03. The number of carbonyl (C=O) groups excluding carboxylic acids is 2. The minimum atomic E-state index is -3.93. The highest BCUT2D eigenvalue weighted by Crippen LogP contribution is 2.42. The van der Waals surface area contributed by atoms with Crippen LogP contribution in [0.15, 0.2) is 89.3 Å². The van der Waals surface area contributed by atoms with Crippen molar-refractivity contribution in [3.63, 3.8) is 0 Å². The van der Waals surface area contributed by atoms with Crippen molar-refractivity contribution in [3.05, 3.63) is 101 Å². The molecule has 3 N–H and O–H groups in total. The van der Waals surface area contributed by atoms with Crippen LogP contribution >= 0.6 is 11.6 Å². The van der Waals surface area contributed by atoms with Crippen molar-refractivity contribution in [1.29, 1.82) is 0 Å². The highest BCUT2D eigenvalue weighted by Gasteiger charge is 2.46. The number of hydrogen-bond acceptors (Lipinski definition) is 5. The average Bonchev–Trinajstić information content (AvgIpc) is 3.04. The fraction of sp³-hybridized carbons (Fsp3) is 0.0435. The third-order valence-corrected chi connectivity index (χ3v) is 6.27. The molecule has 0 aliphatic carbocycles. The predicted octanol–water partition coefficient (Wildman–Crippen LogP) is 3.61. The molecule has 7 nitrogen and oxygen atoms in total. The van der Waals surface area contributed by atoms with Crippen LogP contribution in [0, 0.1) is 0 Å². The van der Waals surface area contributed by atoms with Gasteiger partial charge in [-0.05, 0) is 42.0 Å². The van der Waals surface area contributed by atoms with E-state index in [9.17, 15) is 23.1 Å². The van der Waals surface area contributed by atoms with Crippen LogP contribution in [0.25, 0.3) is 5.76 Å². The normalized spacial score (nSPS) is 18.2. The van der Waals surface area contributed by atoms with Crippen molar-refractivity contribution < 1.29 is 23.1 Å². The smallest absolute Gasteiger partial charge is 0.300 e. The lowest BCUT2D eigenvalue weighted by atomic mass is 9.95. The topological polar surface area (TPSA) is 118 Å². The van der Waals surface area contributed by atoms with Crippen molar-refractivity contribution >= 4 is 44.8 Å². The van der Waals surface area contributed by atoms with Crippen molar-refractivity contribution in [1.82, 2.24) is 0 Å². The molecule has 1 unspecified atom stereocenters. The zero-order valence-electron chi connectivity index (χ0n) is 16.5. The largest absolute Gasteiger partial charge is 0.507 e. The van der Waals surface area contributed by atoms with Gasteiger partial charge in [0.1, 0.15) is 5.76 Å². The Morgan fingerprint density at radius 3 is 2.19 bits per heavy atom. The quantitative estimate of drug-likeness (QED) is 0.344. The number of halogens is 1. The van der Waals surface area contributed by atoms with Gasteiger partial charge < -0.3 is 5.11 Å². The van der Waals surface area contributed by atoms with Crippen LogP contribution < -0.4 is 10.0 Å². The summed E-state index contributed by atoms with van der Waals surface area (Å²) in [4.78, 5) is 27.2. The molecule has 0 radical (unpaired) electrons. The molecular formula is C23H17ClN2O5S. The van der Waals surface area contributed by atoms with Gasteiger partial charge in [0.05, 0.1) is 16.5 Å². The van der Waals surface area contributed by atoms with Gasteiger partial charge in [-0.3, -0.25) is 14.5 Å². The second kappa shape index (κ2) is 8.23. The number of Topliss-reactive ketones (excluding diaryl/α,β-unsaturated/α-hetero) is 1. The van der Waals surface area contributed by atoms with E-state index in [2.05, 4.69) is 0 Å². The number of sulfonamides is 1. The summed E-state index contributed by atoms with van der Waals surface area (Å²) in [6.07, 6.45) is 0. The van der Waals surface area contributed by atoms with E-state index in [-0.39, 0.29) is 21.9 Å². The molecule has 0 bridgehead atoms. The highest BCUT2D eigenvalue weighted by molar-refractivity contribution is 7.89. The number of nitrogens with zero attached hydrogens (tertiary/aromatic N) is 1. The summed E-state index contributed by atoms with van der Waals surface area (Å²) in [5.74, 6) is -2.08. The first-order valence-electron chi connectivity index (χ1n) is 9.43. The van der Waals surface area contributed by atoms with Gasteiger partial charge in [0.25, 0.3) is 11.7 Å². The van der Waals surface area contributed by atoms with Gasteiger partial charge in [0, 0.05) is 16.3 Å². The first-order valence-corrected chi connectivity index (χ1v) is 11.4. The summed E-state index contributed by atoms with van der Waals surface area (Å²) in [7, 11) is -3.93. The van der Waals surface area contributed by atoms with Crippen molar-refractivity contribution in [2.24, 2.45) is 5.14 Å². The number of benzene rings is 3. The fourth-order valence-corrected chi connectivity index (χ4v) is 4.34. The van der Waals surface area contributed by atoms with Crippen LogP contribution in [-0.2, 0) is 19.6 Å².